The Morgan fingerprint density at radius 2 is 1.50 bits per heavy atom. The number of unbranched alkanes of at least 4 members (excludes halogenated alkanes) is 15. The second-order valence-corrected chi connectivity index (χ2v) is 13.3. The maximum Gasteiger partial charge on any atom is 0.473 e. The van der Waals surface area contributed by atoms with Gasteiger partial charge in [0, 0.05) is 19.1 Å². The smallest absolute Gasteiger partial charge is 0.458 e. The zero-order chi connectivity index (χ0) is 29.1. The quantitative estimate of drug-likeness (QED) is 0.0509. The molecule has 40 heavy (non-hydrogen) atoms. The monoisotopic (exact) mass is 586 g/mol. The molecule has 2 aliphatic heterocycles. The second kappa shape index (κ2) is 20.0. The van der Waals surface area contributed by atoms with E-state index in [1.807, 2.05) is 25.4 Å². The van der Waals surface area contributed by atoms with E-state index in [2.05, 4.69) is 6.92 Å². The number of hydrogen-bond donors (Lipinski definition) is 1. The molecule has 0 spiro atoms. The van der Waals surface area contributed by atoms with E-state index in [1.165, 1.54) is 96.8 Å². The van der Waals surface area contributed by atoms with Gasteiger partial charge in [-0.25, -0.2) is 4.57 Å². The molecule has 0 saturated carbocycles. The number of hydrogen-bond acceptors (Lipinski definition) is 6. The van der Waals surface area contributed by atoms with Crippen molar-refractivity contribution < 1.29 is 37.3 Å². The van der Waals surface area contributed by atoms with Gasteiger partial charge >= 0.3 is 13.8 Å². The van der Waals surface area contributed by atoms with Crippen LogP contribution in [0.5, 0.6) is 0 Å². The molecule has 2 bridgehead atoms. The number of carbonyl (C=O) groups excluding carboxylic acids is 1. The molecule has 0 aromatic carbocycles. The highest BCUT2D eigenvalue weighted by Gasteiger charge is 2.41. The topological polar surface area (TPSA) is 91.3 Å². The Morgan fingerprint density at radius 1 is 0.950 bits per heavy atom. The molecule has 0 saturated heterocycles. The van der Waals surface area contributed by atoms with Crippen LogP contribution >= 0.6 is 7.82 Å². The fourth-order valence-electron chi connectivity index (χ4n) is 5.47. The van der Waals surface area contributed by atoms with Gasteiger partial charge in [0.15, 0.2) is 0 Å². The summed E-state index contributed by atoms with van der Waals surface area (Å²) in [5.41, 5.74) is 0.880. The van der Waals surface area contributed by atoms with Crippen LogP contribution < -0.4 is 0 Å². The van der Waals surface area contributed by atoms with Crippen LogP contribution in [0.25, 0.3) is 0 Å². The Kier molecular flexibility index (Phi) is 17.6. The van der Waals surface area contributed by atoms with Crippen molar-refractivity contribution in [1.82, 2.24) is 0 Å². The Hall–Kier alpha value is -1.02. The van der Waals surface area contributed by atoms with Crippen LogP contribution in [0.3, 0.4) is 0 Å². The summed E-state index contributed by atoms with van der Waals surface area (Å²) in [7, 11) is -2.28. The molecular formula is C31H57NO7P+. The molecule has 4 unspecified atom stereocenters. The van der Waals surface area contributed by atoms with Gasteiger partial charge in [0.05, 0.1) is 20.3 Å². The van der Waals surface area contributed by atoms with Crippen LogP contribution in [0, 0.1) is 0 Å². The number of ether oxygens (including phenoxy) is 2. The van der Waals surface area contributed by atoms with E-state index in [9.17, 15) is 14.3 Å². The summed E-state index contributed by atoms with van der Waals surface area (Å²) in [6.45, 7) is 5.38. The van der Waals surface area contributed by atoms with Crippen molar-refractivity contribution in [2.75, 3.05) is 40.0 Å². The number of fused-ring (bicyclic) bond motifs is 1. The third-order valence-corrected chi connectivity index (χ3v) is 8.71. The molecule has 2 heterocycles. The number of likely N-dealkylation sites (N-methyl/N-ethyl adjacent to an activating group) is 1. The van der Waals surface area contributed by atoms with Gasteiger partial charge in [-0.05, 0) is 18.6 Å². The summed E-state index contributed by atoms with van der Waals surface area (Å²) >= 11 is 0. The second-order valence-electron chi connectivity index (χ2n) is 11.8. The standard InChI is InChI=1S/C31H56NO7P/c1-4-5-6-7-8-9-10-11-12-13-14-15-16-17-18-19-23-36-26-30(38-28(2)33)27-37-40(34,35)39-31-25-32(3)22-20-21-29(31)24-32/h20-21,24,30-31H,4-19,22-23,25-27H2,1-3H3/p+1. The largest absolute Gasteiger partial charge is 0.473 e. The molecule has 0 radical (unpaired) electrons. The minimum Gasteiger partial charge on any atom is -0.458 e. The van der Waals surface area contributed by atoms with Gasteiger partial charge < -0.3 is 14.4 Å². The summed E-state index contributed by atoms with van der Waals surface area (Å²) in [6.07, 6.45) is 25.8. The number of quaternary nitrogens is 1. The van der Waals surface area contributed by atoms with Crippen molar-refractivity contribution >= 4 is 13.8 Å². The molecule has 232 valence electrons. The van der Waals surface area contributed by atoms with Gasteiger partial charge in [0.2, 0.25) is 0 Å². The van der Waals surface area contributed by atoms with Gasteiger partial charge in [-0.2, -0.15) is 0 Å². The molecule has 4 atom stereocenters. The van der Waals surface area contributed by atoms with Crippen molar-refractivity contribution in [3.05, 3.63) is 23.9 Å². The minimum atomic E-state index is -4.33. The summed E-state index contributed by atoms with van der Waals surface area (Å²) in [5.74, 6) is -0.488. The molecular weight excluding hydrogens is 529 g/mol. The fourth-order valence-corrected chi connectivity index (χ4v) is 6.39. The lowest BCUT2D eigenvalue weighted by Crippen LogP contribution is -2.39. The fraction of sp³-hybridized carbons (Fsp3) is 0.839. The van der Waals surface area contributed by atoms with Crippen molar-refractivity contribution in [2.45, 2.75) is 129 Å². The van der Waals surface area contributed by atoms with E-state index in [-0.39, 0.29) is 13.2 Å². The first-order chi connectivity index (χ1) is 19.2. The van der Waals surface area contributed by atoms with Gasteiger partial charge in [-0.15, -0.1) is 0 Å². The maximum atomic E-state index is 12.6. The molecule has 8 nitrogen and oxygen atoms in total. The first-order valence-electron chi connectivity index (χ1n) is 15.9. The summed E-state index contributed by atoms with van der Waals surface area (Å²) in [5, 5.41) is 0. The minimum absolute atomic E-state index is 0.116. The molecule has 0 fully saturated rings. The van der Waals surface area contributed by atoms with E-state index in [1.54, 1.807) is 0 Å². The Balaban J connectivity index is 1.46. The number of nitrogens with zero attached hydrogens (tertiary/aromatic N) is 1. The summed E-state index contributed by atoms with van der Waals surface area (Å²) < 4.78 is 34.8. The average molecular weight is 587 g/mol. The number of esters is 1. The molecule has 0 aliphatic carbocycles. The number of carbonyl (C=O) groups is 1. The third-order valence-electron chi connectivity index (χ3n) is 7.71. The molecule has 2 rings (SSSR count). The number of rotatable bonds is 25. The highest BCUT2D eigenvalue weighted by molar-refractivity contribution is 7.47. The predicted molar refractivity (Wildman–Crippen MR) is 160 cm³/mol. The van der Waals surface area contributed by atoms with Gasteiger partial charge in [-0.1, -0.05) is 103 Å². The van der Waals surface area contributed by atoms with Crippen LogP contribution in [0.2, 0.25) is 0 Å². The van der Waals surface area contributed by atoms with E-state index in [0.717, 1.165) is 25.0 Å². The van der Waals surface area contributed by atoms with E-state index in [0.29, 0.717) is 17.6 Å². The maximum absolute atomic E-state index is 12.6. The van der Waals surface area contributed by atoms with Crippen LogP contribution in [-0.2, 0) is 27.9 Å². The van der Waals surface area contributed by atoms with Gasteiger partial charge in [0.1, 0.15) is 31.5 Å². The number of phosphoric acid groups is 1. The van der Waals surface area contributed by atoms with Gasteiger partial charge in [0.25, 0.3) is 0 Å². The zero-order valence-electron chi connectivity index (χ0n) is 25.5. The first kappa shape index (κ1) is 35.2. The van der Waals surface area contributed by atoms with Crippen LogP contribution in [0.4, 0.5) is 0 Å². The molecule has 1 N–H and O–H groups in total. The average Bonchev–Trinajstić information content (AvgIpc) is 3.11. The Labute approximate surface area is 243 Å². The lowest BCUT2D eigenvalue weighted by atomic mass is 10.0. The summed E-state index contributed by atoms with van der Waals surface area (Å²) in [6, 6.07) is 0. The lowest BCUT2D eigenvalue weighted by Gasteiger charge is -2.26. The van der Waals surface area contributed by atoms with Crippen LogP contribution in [0.1, 0.15) is 117 Å². The van der Waals surface area contributed by atoms with Crippen LogP contribution in [-0.4, -0.2) is 67.5 Å². The highest BCUT2D eigenvalue weighted by Crippen LogP contribution is 2.47. The number of phosphoric ester groups is 1. The van der Waals surface area contributed by atoms with E-state index < -0.39 is 26.0 Å². The molecule has 2 aliphatic rings. The molecule has 0 amide bonds. The predicted octanol–water partition coefficient (Wildman–Crippen LogP) is 7.61. The van der Waals surface area contributed by atoms with E-state index in [4.69, 9.17) is 18.5 Å². The lowest BCUT2D eigenvalue weighted by molar-refractivity contribution is -0.850. The van der Waals surface area contributed by atoms with Crippen LogP contribution in [0.15, 0.2) is 23.9 Å². The zero-order valence-corrected chi connectivity index (χ0v) is 26.4. The van der Waals surface area contributed by atoms with Crippen molar-refractivity contribution in [3.8, 4) is 0 Å². The summed E-state index contributed by atoms with van der Waals surface area (Å²) in [4.78, 5) is 21.8. The van der Waals surface area contributed by atoms with Gasteiger partial charge in [-0.3, -0.25) is 18.3 Å². The molecule has 0 aromatic rings. The first-order valence-corrected chi connectivity index (χ1v) is 17.4. The SMILES string of the molecule is CCCCCCCCCCCCCCCCCCOCC(COP(=O)(O)OC1C[N+]2(C)C=C1C=CC2)OC(C)=O. The normalized spacial score (nSPS) is 22.2. The van der Waals surface area contributed by atoms with Crippen molar-refractivity contribution in [3.63, 3.8) is 0 Å². The highest BCUT2D eigenvalue weighted by atomic mass is 31.2. The molecule has 0 aromatic heterocycles. The van der Waals surface area contributed by atoms with Crippen molar-refractivity contribution in [1.29, 1.82) is 0 Å². The third kappa shape index (κ3) is 15.8. The van der Waals surface area contributed by atoms with E-state index >= 15 is 0 Å². The van der Waals surface area contributed by atoms with Crippen molar-refractivity contribution in [2.24, 2.45) is 0 Å². The Bertz CT molecular complexity index is 818. The Morgan fingerprint density at radius 3 is 2.02 bits per heavy atom. The molecule has 9 heteroatoms.